The first kappa shape index (κ1) is 24.9. The first-order chi connectivity index (χ1) is 15.9. The molecule has 0 aliphatic rings. The lowest BCUT2D eigenvalue weighted by Gasteiger charge is -2.17. The topological polar surface area (TPSA) is 149 Å². The molecule has 0 heterocycles. The van der Waals surface area contributed by atoms with Gasteiger partial charge in [0, 0.05) is 18.4 Å². The van der Waals surface area contributed by atoms with Gasteiger partial charge < -0.3 is 26.8 Å². The third kappa shape index (κ3) is 9.57. The van der Waals surface area contributed by atoms with Crippen LogP contribution in [0.2, 0.25) is 0 Å². The molecule has 2 aromatic carbocycles. The van der Waals surface area contributed by atoms with Crippen LogP contribution in [-0.2, 0) is 32.0 Å². The second-order valence-corrected chi connectivity index (χ2v) is 7.03. The quantitative estimate of drug-likeness (QED) is 0.181. The average Bonchev–Trinajstić information content (AvgIpc) is 2.82. The number of methoxy groups -OCH3 is 1. The van der Waals surface area contributed by atoms with Crippen LogP contribution in [0.4, 0.5) is 0 Å². The number of guanidine groups is 1. The molecule has 2 rings (SSSR count). The van der Waals surface area contributed by atoms with Crippen LogP contribution < -0.4 is 22.1 Å². The maximum atomic E-state index is 12.2. The highest BCUT2D eigenvalue weighted by Gasteiger charge is 2.22. The molecule has 0 bridgehead atoms. The second-order valence-electron chi connectivity index (χ2n) is 7.03. The van der Waals surface area contributed by atoms with E-state index in [1.165, 1.54) is 7.11 Å². The van der Waals surface area contributed by atoms with E-state index in [0.29, 0.717) is 6.42 Å². The zero-order valence-electron chi connectivity index (χ0n) is 18.3. The average molecular weight is 450 g/mol. The molecule has 0 fully saturated rings. The lowest BCUT2D eigenvalue weighted by atomic mass is 10.0. The van der Waals surface area contributed by atoms with Gasteiger partial charge in [0.2, 0.25) is 11.8 Å². The van der Waals surface area contributed by atoms with E-state index in [0.717, 1.165) is 16.7 Å². The van der Waals surface area contributed by atoms with Gasteiger partial charge in [-0.05, 0) is 23.3 Å². The van der Waals surface area contributed by atoms with E-state index in [9.17, 15) is 14.4 Å². The number of rotatable bonds is 9. The summed E-state index contributed by atoms with van der Waals surface area (Å²) in [7, 11) is 1.24. The van der Waals surface area contributed by atoms with E-state index in [1.807, 2.05) is 54.6 Å². The molecule has 9 nitrogen and oxygen atoms in total. The van der Waals surface area contributed by atoms with Crippen LogP contribution in [0.15, 0.2) is 59.6 Å². The molecule has 2 aromatic rings. The summed E-state index contributed by atoms with van der Waals surface area (Å²) in [4.78, 5) is 39.4. The Morgan fingerprint density at radius 2 is 1.70 bits per heavy atom. The van der Waals surface area contributed by atoms with Gasteiger partial charge in [-0.2, -0.15) is 0 Å². The van der Waals surface area contributed by atoms with Crippen LogP contribution in [0, 0.1) is 11.8 Å². The van der Waals surface area contributed by atoms with Gasteiger partial charge in [0.15, 0.2) is 5.96 Å². The number of benzene rings is 2. The van der Waals surface area contributed by atoms with Crippen LogP contribution in [0.25, 0.3) is 0 Å². The fourth-order valence-electron chi connectivity index (χ4n) is 2.78. The summed E-state index contributed by atoms with van der Waals surface area (Å²) in [5.41, 5.74) is 13.1. The van der Waals surface area contributed by atoms with Gasteiger partial charge in [-0.25, -0.2) is 9.79 Å². The molecular weight excluding hydrogens is 422 g/mol. The molecule has 0 saturated carbocycles. The van der Waals surface area contributed by atoms with Gasteiger partial charge in [0.25, 0.3) is 0 Å². The number of nitrogens with zero attached hydrogens (tertiary/aromatic N) is 1. The molecule has 0 spiro atoms. The lowest BCUT2D eigenvalue weighted by Crippen LogP contribution is -2.47. The summed E-state index contributed by atoms with van der Waals surface area (Å²) >= 11 is 0. The Kier molecular flexibility index (Phi) is 9.95. The van der Waals surface area contributed by atoms with Crippen molar-refractivity contribution in [2.75, 3.05) is 20.2 Å². The zero-order valence-corrected chi connectivity index (χ0v) is 18.3. The Labute approximate surface area is 192 Å². The minimum absolute atomic E-state index is 0.220. The number of amides is 2. The van der Waals surface area contributed by atoms with Crippen LogP contribution in [0.1, 0.15) is 16.7 Å². The lowest BCUT2D eigenvalue weighted by molar-refractivity contribution is -0.145. The molecule has 0 aliphatic carbocycles. The highest BCUT2D eigenvalue weighted by molar-refractivity contribution is 5.89. The number of hydrogen-bond acceptors (Lipinski definition) is 5. The zero-order chi connectivity index (χ0) is 24.1. The summed E-state index contributed by atoms with van der Waals surface area (Å²) in [5.74, 6) is 4.34. The molecule has 2 amide bonds. The van der Waals surface area contributed by atoms with Gasteiger partial charge in [0.1, 0.15) is 12.6 Å². The smallest absolute Gasteiger partial charge is 0.328 e. The Morgan fingerprint density at radius 3 is 2.33 bits per heavy atom. The predicted octanol–water partition coefficient (Wildman–Crippen LogP) is -0.129. The number of carbonyl (C=O) groups excluding carboxylic acids is 3. The number of carbonyl (C=O) groups is 3. The van der Waals surface area contributed by atoms with Crippen molar-refractivity contribution in [3.8, 4) is 11.8 Å². The minimum Gasteiger partial charge on any atom is -0.467 e. The molecule has 1 atom stereocenters. The Hall–Kier alpha value is -4.32. The van der Waals surface area contributed by atoms with E-state index in [2.05, 4.69) is 27.5 Å². The molecule has 172 valence electrons. The van der Waals surface area contributed by atoms with Crippen molar-refractivity contribution >= 4 is 23.7 Å². The second kappa shape index (κ2) is 13.2. The van der Waals surface area contributed by atoms with Crippen molar-refractivity contribution in [3.63, 3.8) is 0 Å². The number of esters is 1. The maximum absolute atomic E-state index is 12.2. The Morgan fingerprint density at radius 1 is 1.00 bits per heavy atom. The highest BCUT2D eigenvalue weighted by atomic mass is 16.5. The van der Waals surface area contributed by atoms with Gasteiger partial charge in [-0.3, -0.25) is 9.59 Å². The summed E-state index contributed by atoms with van der Waals surface area (Å²) in [6.45, 7) is -0.626. The maximum Gasteiger partial charge on any atom is 0.328 e. The number of hydrogen-bond donors (Lipinski definition) is 4. The van der Waals surface area contributed by atoms with Crippen molar-refractivity contribution in [2.24, 2.45) is 16.5 Å². The van der Waals surface area contributed by atoms with Crippen molar-refractivity contribution in [3.05, 3.63) is 71.3 Å². The largest absolute Gasteiger partial charge is 0.467 e. The summed E-state index contributed by atoms with van der Waals surface area (Å²) in [5, 5.41) is 4.93. The highest BCUT2D eigenvalue weighted by Crippen LogP contribution is 2.08. The monoisotopic (exact) mass is 449 g/mol. The van der Waals surface area contributed by atoms with E-state index in [4.69, 9.17) is 16.2 Å². The van der Waals surface area contributed by atoms with Gasteiger partial charge in [-0.1, -0.05) is 54.3 Å². The normalized spacial score (nSPS) is 10.7. The summed E-state index contributed by atoms with van der Waals surface area (Å²) in [6, 6.07) is 16.4. The van der Waals surface area contributed by atoms with Crippen LogP contribution in [0.3, 0.4) is 0 Å². The SMILES string of the molecule is COC(=O)C(Cc1ccc(C#CCc2ccccc2)cc1)NC(=O)CNC(=O)CN=C(N)N. The molecule has 6 N–H and O–H groups in total. The molecule has 0 aliphatic heterocycles. The van der Waals surface area contributed by atoms with Crippen molar-refractivity contribution in [2.45, 2.75) is 18.9 Å². The van der Waals surface area contributed by atoms with Gasteiger partial charge in [0.05, 0.1) is 13.7 Å². The van der Waals surface area contributed by atoms with Crippen LogP contribution in [-0.4, -0.2) is 50.0 Å². The fourth-order valence-corrected chi connectivity index (χ4v) is 2.78. The number of ether oxygens (including phenoxy) is 1. The van der Waals surface area contributed by atoms with Crippen LogP contribution in [0.5, 0.6) is 0 Å². The Balaban J connectivity index is 1.91. The third-order valence-electron chi connectivity index (χ3n) is 4.43. The summed E-state index contributed by atoms with van der Waals surface area (Å²) < 4.78 is 4.79. The van der Waals surface area contributed by atoms with Gasteiger partial charge >= 0.3 is 5.97 Å². The molecule has 1 unspecified atom stereocenters. The summed E-state index contributed by atoms with van der Waals surface area (Å²) in [6.07, 6.45) is 0.875. The Bertz CT molecular complexity index is 1040. The van der Waals surface area contributed by atoms with Crippen molar-refractivity contribution < 1.29 is 19.1 Å². The fraction of sp³-hybridized carbons (Fsp3) is 0.250. The minimum atomic E-state index is -0.910. The van der Waals surface area contributed by atoms with Crippen LogP contribution >= 0.6 is 0 Å². The molecule has 0 aromatic heterocycles. The standard InChI is InChI=1S/C24H27N5O4/c1-33-23(32)20(29-22(31)16-27-21(30)15-28-24(25)26)14-19-12-10-18(11-13-19)9-5-8-17-6-3-2-4-7-17/h2-4,6-7,10-13,20H,8,14-16H2,1H3,(H,27,30)(H,29,31)(H4,25,26,28). The molecule has 0 saturated heterocycles. The molecule has 0 radical (unpaired) electrons. The van der Waals surface area contributed by atoms with Crippen molar-refractivity contribution in [1.82, 2.24) is 10.6 Å². The first-order valence-corrected chi connectivity index (χ1v) is 10.2. The van der Waals surface area contributed by atoms with E-state index in [-0.39, 0.29) is 25.5 Å². The number of aliphatic imine (C=N–C) groups is 1. The van der Waals surface area contributed by atoms with E-state index < -0.39 is 23.8 Å². The predicted molar refractivity (Wildman–Crippen MR) is 125 cm³/mol. The van der Waals surface area contributed by atoms with Gasteiger partial charge in [-0.15, -0.1) is 0 Å². The number of nitrogens with two attached hydrogens (primary N) is 2. The van der Waals surface area contributed by atoms with E-state index >= 15 is 0 Å². The molecular formula is C24H27N5O4. The number of nitrogens with one attached hydrogen (secondary N) is 2. The third-order valence-corrected chi connectivity index (χ3v) is 4.43. The molecule has 9 heteroatoms. The van der Waals surface area contributed by atoms with E-state index in [1.54, 1.807) is 0 Å². The first-order valence-electron chi connectivity index (χ1n) is 10.2. The van der Waals surface area contributed by atoms with Crippen molar-refractivity contribution in [1.29, 1.82) is 0 Å². The molecule has 33 heavy (non-hydrogen) atoms.